The molecule has 0 saturated carbocycles. The Hall–Kier alpha value is -2.94. The molecule has 0 aliphatic heterocycles. The Morgan fingerprint density at radius 1 is 1.08 bits per heavy atom. The lowest BCUT2D eigenvalue weighted by Crippen LogP contribution is -2.07. The second kappa shape index (κ2) is 7.12. The Morgan fingerprint density at radius 3 is 2.77 bits per heavy atom. The van der Waals surface area contributed by atoms with E-state index in [0.29, 0.717) is 5.56 Å². The fraction of sp³-hybridized carbons (Fsp3) is 0.217. The second-order valence-electron chi connectivity index (χ2n) is 6.60. The molecule has 2 aliphatic carbocycles. The first-order valence-electron chi connectivity index (χ1n) is 9.01. The summed E-state index contributed by atoms with van der Waals surface area (Å²) < 4.78 is 4.88. The van der Waals surface area contributed by atoms with Crippen LogP contribution >= 0.6 is 0 Å². The molecule has 0 bridgehead atoms. The van der Waals surface area contributed by atoms with Gasteiger partial charge in [-0.05, 0) is 66.7 Å². The van der Waals surface area contributed by atoms with Gasteiger partial charge in [-0.1, -0.05) is 30.4 Å². The van der Waals surface area contributed by atoms with Crippen LogP contribution in [0.3, 0.4) is 0 Å². The van der Waals surface area contributed by atoms with Gasteiger partial charge < -0.3 is 4.74 Å². The fourth-order valence-electron chi connectivity index (χ4n) is 3.56. The molecular weight excluding hydrogens is 322 g/mol. The van der Waals surface area contributed by atoms with Crippen LogP contribution in [-0.4, -0.2) is 18.1 Å². The minimum Gasteiger partial charge on any atom is -0.465 e. The Labute approximate surface area is 153 Å². The summed E-state index contributed by atoms with van der Waals surface area (Å²) in [6.45, 7) is 0. The summed E-state index contributed by atoms with van der Waals surface area (Å²) in [5.74, 6) is -0.304. The standard InChI is InChI=1S/C23H21NO2/c1-26-23(25)18-12-11-16-8-6-9-20(21(16)14-18)19-13-17-7-4-2-3-5-10-22(17)24-15-19/h4-5,7,9-15H,2-3,6,8H2,1H3/b7-4-,10-5?. The number of carbonyl (C=O) groups excluding carboxylic acids is 1. The highest BCUT2D eigenvalue weighted by Gasteiger charge is 2.18. The molecule has 3 nitrogen and oxygen atoms in total. The number of nitrogens with zero attached hydrogens (tertiary/aromatic N) is 1. The maximum Gasteiger partial charge on any atom is 0.337 e. The van der Waals surface area contributed by atoms with E-state index >= 15 is 0 Å². The number of aromatic nitrogens is 1. The van der Waals surface area contributed by atoms with Crippen LogP contribution in [0.5, 0.6) is 0 Å². The Kier molecular flexibility index (Phi) is 4.53. The van der Waals surface area contributed by atoms with E-state index in [9.17, 15) is 4.79 Å². The molecule has 4 rings (SSSR count). The number of benzene rings is 1. The van der Waals surface area contributed by atoms with E-state index in [2.05, 4.69) is 41.4 Å². The number of hydrogen-bond acceptors (Lipinski definition) is 3. The molecule has 0 amide bonds. The number of rotatable bonds is 2. The zero-order valence-corrected chi connectivity index (χ0v) is 14.9. The molecule has 1 heterocycles. The molecule has 0 fully saturated rings. The average Bonchev–Trinajstić information content (AvgIpc) is 2.67. The van der Waals surface area contributed by atoms with Gasteiger partial charge in [-0.2, -0.15) is 0 Å². The van der Waals surface area contributed by atoms with Crippen molar-refractivity contribution < 1.29 is 9.53 Å². The van der Waals surface area contributed by atoms with Gasteiger partial charge in [-0.15, -0.1) is 0 Å². The van der Waals surface area contributed by atoms with Crippen LogP contribution in [-0.2, 0) is 11.2 Å². The summed E-state index contributed by atoms with van der Waals surface area (Å²) in [7, 11) is 1.41. The Morgan fingerprint density at radius 2 is 1.92 bits per heavy atom. The SMILES string of the molecule is COC(=O)c1ccc2c(c1)C(c1cnc3c(c1)/C=C\CCC=C3)=CCC2. The van der Waals surface area contributed by atoms with Crippen molar-refractivity contribution in [1.82, 2.24) is 4.98 Å². The molecule has 0 N–H and O–H groups in total. The van der Waals surface area contributed by atoms with E-state index in [4.69, 9.17) is 4.74 Å². The summed E-state index contributed by atoms with van der Waals surface area (Å²) in [6, 6.07) is 8.02. The van der Waals surface area contributed by atoms with Crippen LogP contribution in [0.2, 0.25) is 0 Å². The van der Waals surface area contributed by atoms with Crippen molar-refractivity contribution in [2.45, 2.75) is 25.7 Å². The predicted molar refractivity (Wildman–Crippen MR) is 105 cm³/mol. The first-order chi connectivity index (χ1) is 12.8. The molecular formula is C23H21NO2. The van der Waals surface area contributed by atoms with E-state index in [1.807, 2.05) is 24.4 Å². The molecule has 0 unspecified atom stereocenters. The van der Waals surface area contributed by atoms with Gasteiger partial charge in [0.2, 0.25) is 0 Å². The molecule has 0 radical (unpaired) electrons. The smallest absolute Gasteiger partial charge is 0.337 e. The monoisotopic (exact) mass is 343 g/mol. The number of pyridine rings is 1. The number of fused-ring (bicyclic) bond motifs is 2. The first-order valence-corrected chi connectivity index (χ1v) is 9.01. The third kappa shape index (κ3) is 3.13. The highest BCUT2D eigenvalue weighted by atomic mass is 16.5. The molecule has 1 aromatic heterocycles. The number of carbonyl (C=O) groups is 1. The van der Waals surface area contributed by atoms with Gasteiger partial charge in [0.15, 0.2) is 0 Å². The lowest BCUT2D eigenvalue weighted by Gasteiger charge is -2.19. The summed E-state index contributed by atoms with van der Waals surface area (Å²) in [5, 5.41) is 0. The largest absolute Gasteiger partial charge is 0.465 e. The number of allylic oxidation sites excluding steroid dienone is 3. The fourth-order valence-corrected chi connectivity index (χ4v) is 3.56. The number of methoxy groups -OCH3 is 1. The van der Waals surface area contributed by atoms with E-state index in [-0.39, 0.29) is 5.97 Å². The molecule has 0 saturated heterocycles. The molecule has 130 valence electrons. The molecule has 2 aliphatic rings. The van der Waals surface area contributed by atoms with E-state index in [1.165, 1.54) is 12.7 Å². The van der Waals surface area contributed by atoms with Crippen LogP contribution in [0, 0.1) is 0 Å². The molecule has 2 aromatic rings. The van der Waals surface area contributed by atoms with E-state index in [0.717, 1.165) is 53.6 Å². The van der Waals surface area contributed by atoms with Crippen molar-refractivity contribution >= 4 is 23.7 Å². The van der Waals surface area contributed by atoms with Crippen molar-refractivity contribution in [3.63, 3.8) is 0 Å². The molecule has 26 heavy (non-hydrogen) atoms. The number of aryl methyl sites for hydroxylation is 1. The average molecular weight is 343 g/mol. The maximum atomic E-state index is 11.9. The molecule has 0 spiro atoms. The number of esters is 1. The number of ether oxygens (including phenoxy) is 1. The van der Waals surface area contributed by atoms with Gasteiger partial charge >= 0.3 is 5.97 Å². The zero-order valence-electron chi connectivity index (χ0n) is 14.9. The topological polar surface area (TPSA) is 39.2 Å². The van der Waals surface area contributed by atoms with Crippen molar-refractivity contribution in [1.29, 1.82) is 0 Å². The van der Waals surface area contributed by atoms with E-state index < -0.39 is 0 Å². The summed E-state index contributed by atoms with van der Waals surface area (Å²) in [4.78, 5) is 16.6. The van der Waals surface area contributed by atoms with Crippen molar-refractivity contribution in [2.75, 3.05) is 7.11 Å². The van der Waals surface area contributed by atoms with Gasteiger partial charge in [0.1, 0.15) is 0 Å². The first kappa shape index (κ1) is 16.5. The lowest BCUT2D eigenvalue weighted by atomic mass is 9.86. The molecule has 1 aromatic carbocycles. The van der Waals surface area contributed by atoms with Gasteiger partial charge in [0.05, 0.1) is 18.4 Å². The summed E-state index contributed by atoms with van der Waals surface area (Å²) in [5.41, 5.74) is 7.32. The van der Waals surface area contributed by atoms with Gasteiger partial charge in [-0.25, -0.2) is 4.79 Å². The van der Waals surface area contributed by atoms with Gasteiger partial charge in [0, 0.05) is 17.3 Å². The minimum atomic E-state index is -0.304. The van der Waals surface area contributed by atoms with Gasteiger partial charge in [0.25, 0.3) is 0 Å². The quantitative estimate of drug-likeness (QED) is 0.715. The van der Waals surface area contributed by atoms with Crippen molar-refractivity contribution in [3.8, 4) is 0 Å². The van der Waals surface area contributed by atoms with Gasteiger partial charge in [-0.3, -0.25) is 4.98 Å². The predicted octanol–water partition coefficient (Wildman–Crippen LogP) is 5.07. The molecule has 3 heteroatoms. The van der Waals surface area contributed by atoms with Crippen LogP contribution in [0.1, 0.15) is 57.6 Å². The maximum absolute atomic E-state index is 11.9. The zero-order chi connectivity index (χ0) is 17.9. The Balaban J connectivity index is 1.79. The van der Waals surface area contributed by atoms with E-state index in [1.54, 1.807) is 0 Å². The van der Waals surface area contributed by atoms with Crippen LogP contribution in [0.25, 0.3) is 17.7 Å². The normalized spacial score (nSPS) is 16.6. The minimum absolute atomic E-state index is 0.304. The highest BCUT2D eigenvalue weighted by Crippen LogP contribution is 2.33. The Bertz CT molecular complexity index is 951. The van der Waals surface area contributed by atoms with Crippen LogP contribution in [0.15, 0.2) is 48.7 Å². The van der Waals surface area contributed by atoms with Crippen molar-refractivity contribution in [2.24, 2.45) is 0 Å². The second-order valence-corrected chi connectivity index (χ2v) is 6.60. The van der Waals surface area contributed by atoms with Crippen molar-refractivity contribution in [3.05, 3.63) is 82.2 Å². The summed E-state index contributed by atoms with van der Waals surface area (Å²) in [6.07, 6.45) is 16.9. The van der Waals surface area contributed by atoms with Crippen LogP contribution < -0.4 is 0 Å². The third-order valence-corrected chi connectivity index (χ3v) is 4.92. The van der Waals surface area contributed by atoms with Crippen LogP contribution in [0.4, 0.5) is 0 Å². The highest BCUT2D eigenvalue weighted by molar-refractivity contribution is 5.92. The molecule has 0 atom stereocenters. The number of hydrogen-bond donors (Lipinski definition) is 0. The lowest BCUT2D eigenvalue weighted by molar-refractivity contribution is 0.0600. The third-order valence-electron chi connectivity index (χ3n) is 4.92. The summed E-state index contributed by atoms with van der Waals surface area (Å²) >= 11 is 0.